The Morgan fingerprint density at radius 2 is 2.05 bits per heavy atom. The lowest BCUT2D eigenvalue weighted by Gasteiger charge is -2.17. The van der Waals surface area contributed by atoms with Gasteiger partial charge in [-0.2, -0.15) is 0 Å². The molecule has 1 aromatic rings. The first-order valence-electron chi connectivity index (χ1n) is 6.42. The maximum atomic E-state index is 12.1. The van der Waals surface area contributed by atoms with E-state index in [0.717, 1.165) is 0 Å². The van der Waals surface area contributed by atoms with Crippen LogP contribution in [0.2, 0.25) is 0 Å². The predicted octanol–water partition coefficient (Wildman–Crippen LogP) is 2.47. The lowest BCUT2D eigenvalue weighted by Crippen LogP contribution is -2.38. The van der Waals surface area contributed by atoms with Crippen molar-refractivity contribution in [2.75, 3.05) is 18.0 Å². The minimum absolute atomic E-state index is 0.0960. The van der Waals surface area contributed by atoms with Crippen LogP contribution in [0.3, 0.4) is 0 Å². The van der Waals surface area contributed by atoms with Gasteiger partial charge in [0, 0.05) is 18.8 Å². The van der Waals surface area contributed by atoms with E-state index >= 15 is 0 Å². The standard InChI is InChI=1S/C14H15F3N2O2/c1-2-8-18-12-7-9-19(13(12)20)10-3-5-11(6-4-10)21-14(15,16)17/h2-6,12,18H,1,7-9H2. The summed E-state index contributed by atoms with van der Waals surface area (Å²) in [4.78, 5) is 13.7. The van der Waals surface area contributed by atoms with Crippen molar-refractivity contribution >= 4 is 11.6 Å². The zero-order chi connectivity index (χ0) is 15.5. The van der Waals surface area contributed by atoms with E-state index in [9.17, 15) is 18.0 Å². The normalized spacial score (nSPS) is 18.9. The van der Waals surface area contributed by atoms with Gasteiger partial charge in [-0.15, -0.1) is 19.8 Å². The molecular weight excluding hydrogens is 285 g/mol. The number of alkyl halides is 3. The Bertz CT molecular complexity index is 514. The fourth-order valence-electron chi connectivity index (χ4n) is 2.18. The summed E-state index contributed by atoms with van der Waals surface area (Å²) < 4.78 is 40.0. The minimum Gasteiger partial charge on any atom is -0.406 e. The van der Waals surface area contributed by atoms with E-state index in [1.165, 1.54) is 29.2 Å². The predicted molar refractivity (Wildman–Crippen MR) is 72.1 cm³/mol. The second kappa shape index (κ2) is 6.17. The van der Waals surface area contributed by atoms with Crippen molar-refractivity contribution in [2.24, 2.45) is 0 Å². The smallest absolute Gasteiger partial charge is 0.406 e. The third-order valence-corrected chi connectivity index (χ3v) is 3.10. The van der Waals surface area contributed by atoms with Gasteiger partial charge in [-0.3, -0.25) is 4.79 Å². The summed E-state index contributed by atoms with van der Waals surface area (Å²) >= 11 is 0. The van der Waals surface area contributed by atoms with Gasteiger partial charge in [0.05, 0.1) is 6.04 Å². The lowest BCUT2D eigenvalue weighted by molar-refractivity contribution is -0.274. The highest BCUT2D eigenvalue weighted by Gasteiger charge is 2.33. The van der Waals surface area contributed by atoms with Crippen molar-refractivity contribution in [3.05, 3.63) is 36.9 Å². The molecule has 1 aliphatic rings. The Morgan fingerprint density at radius 1 is 1.38 bits per heavy atom. The number of hydrogen-bond acceptors (Lipinski definition) is 3. The molecule has 0 aliphatic carbocycles. The highest BCUT2D eigenvalue weighted by molar-refractivity contribution is 5.99. The molecule has 1 saturated heterocycles. The first-order chi connectivity index (χ1) is 9.90. The number of carbonyl (C=O) groups excluding carboxylic acids is 1. The Labute approximate surface area is 120 Å². The molecule has 0 radical (unpaired) electrons. The van der Waals surface area contributed by atoms with Gasteiger partial charge in [0.15, 0.2) is 0 Å². The van der Waals surface area contributed by atoms with E-state index < -0.39 is 6.36 Å². The third-order valence-electron chi connectivity index (χ3n) is 3.10. The highest BCUT2D eigenvalue weighted by Crippen LogP contribution is 2.27. The van der Waals surface area contributed by atoms with Crippen molar-refractivity contribution in [3.63, 3.8) is 0 Å². The summed E-state index contributed by atoms with van der Waals surface area (Å²) in [5, 5.41) is 3.04. The van der Waals surface area contributed by atoms with Gasteiger partial charge in [0.1, 0.15) is 5.75 Å². The molecule has 1 heterocycles. The fourth-order valence-corrected chi connectivity index (χ4v) is 2.18. The average molecular weight is 300 g/mol. The summed E-state index contributed by atoms with van der Waals surface area (Å²) in [5.41, 5.74) is 0.553. The van der Waals surface area contributed by atoms with Crippen LogP contribution in [0.1, 0.15) is 6.42 Å². The van der Waals surface area contributed by atoms with Crippen LogP contribution in [0, 0.1) is 0 Å². The van der Waals surface area contributed by atoms with Gasteiger partial charge in [-0.1, -0.05) is 6.08 Å². The monoisotopic (exact) mass is 300 g/mol. The Morgan fingerprint density at radius 3 is 2.62 bits per heavy atom. The Balaban J connectivity index is 2.03. The van der Waals surface area contributed by atoms with E-state index in [4.69, 9.17) is 0 Å². The maximum Gasteiger partial charge on any atom is 0.573 e. The largest absolute Gasteiger partial charge is 0.573 e. The zero-order valence-corrected chi connectivity index (χ0v) is 11.2. The molecule has 1 atom stereocenters. The van der Waals surface area contributed by atoms with Crippen molar-refractivity contribution in [1.29, 1.82) is 0 Å². The zero-order valence-electron chi connectivity index (χ0n) is 11.2. The van der Waals surface area contributed by atoms with Crippen molar-refractivity contribution in [1.82, 2.24) is 5.32 Å². The summed E-state index contributed by atoms with van der Waals surface area (Å²) in [5.74, 6) is -0.402. The van der Waals surface area contributed by atoms with Gasteiger partial charge >= 0.3 is 6.36 Å². The molecule has 2 rings (SSSR count). The molecule has 0 bridgehead atoms. The minimum atomic E-state index is -4.72. The molecule has 0 spiro atoms. The molecule has 1 unspecified atom stereocenters. The molecule has 21 heavy (non-hydrogen) atoms. The van der Waals surface area contributed by atoms with Crippen molar-refractivity contribution in [2.45, 2.75) is 18.8 Å². The summed E-state index contributed by atoms with van der Waals surface area (Å²) in [6.07, 6.45) is -2.41. The van der Waals surface area contributed by atoms with Crippen LogP contribution in [-0.4, -0.2) is 31.4 Å². The first-order valence-corrected chi connectivity index (χ1v) is 6.42. The van der Waals surface area contributed by atoms with Gasteiger partial charge in [-0.05, 0) is 30.7 Å². The number of hydrogen-bond donors (Lipinski definition) is 1. The fraction of sp³-hybridized carbons (Fsp3) is 0.357. The molecule has 1 aliphatic heterocycles. The van der Waals surface area contributed by atoms with Crippen molar-refractivity contribution < 1.29 is 22.7 Å². The van der Waals surface area contributed by atoms with Gasteiger partial charge in [-0.25, -0.2) is 0 Å². The number of nitrogens with one attached hydrogen (secondary N) is 1. The molecule has 1 N–H and O–H groups in total. The van der Waals surface area contributed by atoms with Crippen LogP contribution in [-0.2, 0) is 4.79 Å². The number of halogens is 3. The van der Waals surface area contributed by atoms with E-state index in [1.807, 2.05) is 0 Å². The van der Waals surface area contributed by atoms with Gasteiger partial charge < -0.3 is 15.0 Å². The molecule has 0 saturated carbocycles. The maximum absolute atomic E-state index is 12.1. The van der Waals surface area contributed by atoms with Crippen LogP contribution >= 0.6 is 0 Å². The average Bonchev–Trinajstić information content (AvgIpc) is 2.77. The van der Waals surface area contributed by atoms with Crippen molar-refractivity contribution in [3.8, 4) is 5.75 Å². The molecule has 114 valence electrons. The van der Waals surface area contributed by atoms with E-state index in [1.54, 1.807) is 6.08 Å². The third kappa shape index (κ3) is 3.98. The second-order valence-corrected chi connectivity index (χ2v) is 4.57. The summed E-state index contributed by atoms with van der Waals surface area (Å²) in [6, 6.07) is 4.99. The van der Waals surface area contributed by atoms with Gasteiger partial charge in [0.25, 0.3) is 0 Å². The summed E-state index contributed by atoms with van der Waals surface area (Å²) in [7, 11) is 0. The highest BCUT2D eigenvalue weighted by atomic mass is 19.4. The van der Waals surface area contributed by atoms with E-state index in [2.05, 4.69) is 16.6 Å². The van der Waals surface area contributed by atoms with Crippen LogP contribution in [0.4, 0.5) is 18.9 Å². The number of rotatable bonds is 5. The molecule has 1 aromatic carbocycles. The van der Waals surface area contributed by atoms with E-state index in [-0.39, 0.29) is 17.7 Å². The quantitative estimate of drug-likeness (QED) is 0.849. The molecule has 7 heteroatoms. The second-order valence-electron chi connectivity index (χ2n) is 4.57. The number of ether oxygens (including phenoxy) is 1. The number of nitrogens with zero attached hydrogens (tertiary/aromatic N) is 1. The topological polar surface area (TPSA) is 41.6 Å². The molecule has 4 nitrogen and oxygen atoms in total. The lowest BCUT2D eigenvalue weighted by atomic mass is 10.2. The van der Waals surface area contributed by atoms with Crippen LogP contribution in [0.15, 0.2) is 36.9 Å². The van der Waals surface area contributed by atoms with Gasteiger partial charge in [0.2, 0.25) is 5.91 Å². The van der Waals surface area contributed by atoms with Crippen LogP contribution in [0.5, 0.6) is 5.75 Å². The number of amides is 1. The van der Waals surface area contributed by atoms with E-state index in [0.29, 0.717) is 25.2 Å². The number of carbonyl (C=O) groups is 1. The molecular formula is C14H15F3N2O2. The first kappa shape index (κ1) is 15.4. The van der Waals surface area contributed by atoms with Crippen LogP contribution in [0.25, 0.3) is 0 Å². The Kier molecular flexibility index (Phi) is 4.52. The van der Waals surface area contributed by atoms with Crippen LogP contribution < -0.4 is 15.0 Å². The Hall–Kier alpha value is -2.02. The number of benzene rings is 1. The molecule has 0 aromatic heterocycles. The number of anilines is 1. The SMILES string of the molecule is C=CCNC1CCN(c2ccc(OC(F)(F)F)cc2)C1=O. The molecule has 1 amide bonds. The molecule has 1 fully saturated rings. The summed E-state index contributed by atoms with van der Waals surface area (Å²) in [6.45, 7) is 4.62.